The molecule has 2 aromatic rings. The molecule has 138 valence electrons. The minimum atomic E-state index is -0.160. The van der Waals surface area contributed by atoms with Crippen molar-refractivity contribution in [1.29, 1.82) is 0 Å². The Labute approximate surface area is 166 Å². The number of nitrogen functional groups attached to an aromatic ring is 1. The minimum absolute atomic E-state index is 0. The van der Waals surface area contributed by atoms with E-state index in [1.54, 1.807) is 12.1 Å². The Bertz CT molecular complexity index is 661. The van der Waals surface area contributed by atoms with Crippen molar-refractivity contribution in [2.45, 2.75) is 12.5 Å². The Morgan fingerprint density at radius 3 is 2.32 bits per heavy atom. The van der Waals surface area contributed by atoms with Crippen LogP contribution in [0.25, 0.3) is 0 Å². The Balaban J connectivity index is 0.00000192. The average molecular weight is 406 g/mol. The van der Waals surface area contributed by atoms with Crippen LogP contribution in [0.3, 0.4) is 0 Å². The van der Waals surface area contributed by atoms with Gasteiger partial charge in [0, 0.05) is 23.8 Å². The van der Waals surface area contributed by atoms with Crippen molar-refractivity contribution in [3.8, 4) is 0 Å². The fourth-order valence-corrected chi connectivity index (χ4v) is 2.54. The number of hydrogen-bond donors (Lipinski definition) is 4. The van der Waals surface area contributed by atoms with Crippen molar-refractivity contribution >= 4 is 60.2 Å². The molecule has 1 saturated heterocycles. The first-order valence-corrected chi connectivity index (χ1v) is 7.45. The molecule has 5 N–H and O–H groups in total. The van der Waals surface area contributed by atoms with Gasteiger partial charge in [0.25, 0.3) is 5.91 Å². The largest absolute Gasteiger partial charge is 0.397 e. The third-order valence-corrected chi connectivity index (χ3v) is 3.79. The van der Waals surface area contributed by atoms with Crippen molar-refractivity contribution in [1.82, 2.24) is 5.32 Å². The third kappa shape index (κ3) is 6.29. The first-order valence-electron chi connectivity index (χ1n) is 7.45. The number of amides is 1. The van der Waals surface area contributed by atoms with Gasteiger partial charge in [-0.3, -0.25) is 4.79 Å². The van der Waals surface area contributed by atoms with Crippen molar-refractivity contribution in [3.05, 3.63) is 54.1 Å². The average Bonchev–Trinajstić information content (AvgIpc) is 3.03. The van der Waals surface area contributed by atoms with Crippen LogP contribution in [-0.4, -0.2) is 25.0 Å². The first kappa shape index (κ1) is 23.3. The SMILES string of the molecule is Cl.Cl.Cl.Nc1ccccc1NC(=O)c1ccc(NC2CCNC2)cc1. The van der Waals surface area contributed by atoms with Crippen molar-refractivity contribution < 1.29 is 4.79 Å². The molecule has 0 saturated carbocycles. The highest BCUT2D eigenvalue weighted by Gasteiger charge is 2.14. The van der Waals surface area contributed by atoms with E-state index in [0.29, 0.717) is 23.0 Å². The minimum Gasteiger partial charge on any atom is -0.397 e. The van der Waals surface area contributed by atoms with E-state index in [9.17, 15) is 4.79 Å². The molecule has 5 nitrogen and oxygen atoms in total. The van der Waals surface area contributed by atoms with E-state index in [-0.39, 0.29) is 43.1 Å². The Kier molecular flexibility index (Phi) is 10.3. The summed E-state index contributed by atoms with van der Waals surface area (Å²) >= 11 is 0. The lowest BCUT2D eigenvalue weighted by Crippen LogP contribution is -2.22. The van der Waals surface area contributed by atoms with Crippen LogP contribution in [0.15, 0.2) is 48.5 Å². The molecule has 1 aliphatic heterocycles. The summed E-state index contributed by atoms with van der Waals surface area (Å²) in [4.78, 5) is 12.2. The second-order valence-corrected chi connectivity index (χ2v) is 5.45. The number of rotatable bonds is 4. The predicted octanol–water partition coefficient (Wildman–Crippen LogP) is 3.56. The van der Waals surface area contributed by atoms with Gasteiger partial charge in [-0.2, -0.15) is 0 Å². The van der Waals surface area contributed by atoms with Crippen LogP contribution >= 0.6 is 37.2 Å². The van der Waals surface area contributed by atoms with Gasteiger partial charge in [0.05, 0.1) is 11.4 Å². The number of nitrogens with two attached hydrogens (primary N) is 1. The smallest absolute Gasteiger partial charge is 0.255 e. The van der Waals surface area contributed by atoms with E-state index in [1.165, 1.54) is 0 Å². The van der Waals surface area contributed by atoms with E-state index in [2.05, 4.69) is 16.0 Å². The molecule has 1 amide bonds. The molecule has 8 heteroatoms. The van der Waals surface area contributed by atoms with Gasteiger partial charge in [-0.25, -0.2) is 0 Å². The van der Waals surface area contributed by atoms with Crippen LogP contribution in [0.1, 0.15) is 16.8 Å². The fourth-order valence-electron chi connectivity index (χ4n) is 2.54. The number of carbonyl (C=O) groups excluding carboxylic acids is 1. The molecular weight excluding hydrogens is 383 g/mol. The summed E-state index contributed by atoms with van der Waals surface area (Å²) in [5.74, 6) is -0.160. The van der Waals surface area contributed by atoms with Gasteiger partial charge in [0.15, 0.2) is 0 Å². The summed E-state index contributed by atoms with van der Waals surface area (Å²) in [5, 5.41) is 9.59. The maximum Gasteiger partial charge on any atom is 0.255 e. The summed E-state index contributed by atoms with van der Waals surface area (Å²) < 4.78 is 0. The van der Waals surface area contributed by atoms with Crippen LogP contribution in [0, 0.1) is 0 Å². The zero-order chi connectivity index (χ0) is 15.4. The lowest BCUT2D eigenvalue weighted by Gasteiger charge is -2.13. The first-order chi connectivity index (χ1) is 10.7. The van der Waals surface area contributed by atoms with Crippen LogP contribution < -0.4 is 21.7 Å². The Hall–Kier alpha value is -1.66. The molecule has 25 heavy (non-hydrogen) atoms. The van der Waals surface area contributed by atoms with Gasteiger partial charge in [-0.1, -0.05) is 12.1 Å². The van der Waals surface area contributed by atoms with Crippen molar-refractivity contribution in [3.63, 3.8) is 0 Å². The molecule has 0 spiro atoms. The van der Waals surface area contributed by atoms with Crippen LogP contribution in [0.4, 0.5) is 17.1 Å². The number of hydrogen-bond acceptors (Lipinski definition) is 4. The number of anilines is 3. The van der Waals surface area contributed by atoms with Gasteiger partial charge < -0.3 is 21.7 Å². The van der Waals surface area contributed by atoms with Crippen LogP contribution in [0.5, 0.6) is 0 Å². The Morgan fingerprint density at radius 2 is 1.72 bits per heavy atom. The second kappa shape index (κ2) is 11.1. The van der Waals surface area contributed by atoms with E-state index >= 15 is 0 Å². The van der Waals surface area contributed by atoms with Crippen molar-refractivity contribution in [2.24, 2.45) is 0 Å². The molecule has 1 atom stereocenters. The standard InChI is InChI=1S/C17H20N4O.3ClH/c18-15-3-1-2-4-16(15)21-17(22)12-5-7-13(8-6-12)20-14-9-10-19-11-14;;;/h1-8,14,19-20H,9-11,18H2,(H,21,22);3*1H. The highest BCUT2D eigenvalue weighted by molar-refractivity contribution is 6.05. The molecule has 0 aliphatic carbocycles. The molecule has 3 rings (SSSR count). The second-order valence-electron chi connectivity index (χ2n) is 5.45. The molecule has 0 radical (unpaired) electrons. The van der Waals surface area contributed by atoms with Crippen molar-refractivity contribution in [2.75, 3.05) is 29.5 Å². The highest BCUT2D eigenvalue weighted by atomic mass is 35.5. The van der Waals surface area contributed by atoms with E-state index in [1.807, 2.05) is 36.4 Å². The van der Waals surface area contributed by atoms with Gasteiger partial charge in [0.1, 0.15) is 0 Å². The molecular formula is C17H23Cl3N4O. The molecule has 1 heterocycles. The summed E-state index contributed by atoms with van der Waals surface area (Å²) in [6.07, 6.45) is 1.12. The Morgan fingerprint density at radius 1 is 1.04 bits per heavy atom. The van der Waals surface area contributed by atoms with Crippen LogP contribution in [-0.2, 0) is 0 Å². The van der Waals surface area contributed by atoms with Crippen LogP contribution in [0.2, 0.25) is 0 Å². The zero-order valence-electron chi connectivity index (χ0n) is 13.5. The summed E-state index contributed by atoms with van der Waals surface area (Å²) in [6.45, 7) is 2.03. The maximum atomic E-state index is 12.2. The predicted molar refractivity (Wildman–Crippen MR) is 112 cm³/mol. The van der Waals surface area contributed by atoms with Gasteiger partial charge in [-0.15, -0.1) is 37.2 Å². The fraction of sp³-hybridized carbons (Fsp3) is 0.235. The molecule has 0 aromatic heterocycles. The van der Waals surface area contributed by atoms with Gasteiger partial charge in [0.2, 0.25) is 0 Å². The normalized spacial score (nSPS) is 15.1. The molecule has 1 fully saturated rings. The van der Waals surface area contributed by atoms with E-state index in [4.69, 9.17) is 5.73 Å². The lowest BCUT2D eigenvalue weighted by atomic mass is 10.1. The zero-order valence-corrected chi connectivity index (χ0v) is 16.0. The highest BCUT2D eigenvalue weighted by Crippen LogP contribution is 2.19. The molecule has 2 aromatic carbocycles. The monoisotopic (exact) mass is 404 g/mol. The summed E-state index contributed by atoms with van der Waals surface area (Å²) in [7, 11) is 0. The topological polar surface area (TPSA) is 79.2 Å². The number of benzene rings is 2. The third-order valence-electron chi connectivity index (χ3n) is 3.79. The number of para-hydroxylation sites is 2. The quantitative estimate of drug-likeness (QED) is 0.586. The summed E-state index contributed by atoms with van der Waals surface area (Å²) in [5.41, 5.74) is 8.66. The number of carbonyl (C=O) groups is 1. The maximum absolute atomic E-state index is 12.2. The molecule has 1 aliphatic rings. The van der Waals surface area contributed by atoms with Gasteiger partial charge >= 0.3 is 0 Å². The molecule has 1 unspecified atom stereocenters. The summed E-state index contributed by atoms with van der Waals surface area (Å²) in [6, 6.07) is 15.2. The number of nitrogens with one attached hydrogen (secondary N) is 3. The lowest BCUT2D eigenvalue weighted by molar-refractivity contribution is 0.102. The van der Waals surface area contributed by atoms with E-state index in [0.717, 1.165) is 25.2 Å². The number of halogens is 3. The molecule has 0 bridgehead atoms. The van der Waals surface area contributed by atoms with E-state index < -0.39 is 0 Å². The van der Waals surface area contributed by atoms with Gasteiger partial charge in [-0.05, 0) is 49.4 Å².